The molecule has 3 rings (SSSR count). The fourth-order valence-electron chi connectivity index (χ4n) is 3.04. The molecule has 0 bridgehead atoms. The van der Waals surface area contributed by atoms with Gasteiger partial charge in [-0.3, -0.25) is 10.1 Å². The van der Waals surface area contributed by atoms with Crippen LogP contribution in [0.5, 0.6) is 5.75 Å². The lowest BCUT2D eigenvalue weighted by atomic mass is 10.2. The minimum atomic E-state index is -4.67. The maximum absolute atomic E-state index is 13.7. The van der Waals surface area contributed by atoms with Gasteiger partial charge in [-0.05, 0) is 50.2 Å². The number of hydrogen-bond acceptors (Lipinski definition) is 7. The molecule has 0 unspecified atom stereocenters. The largest absolute Gasteiger partial charge is 0.491 e. The maximum Gasteiger partial charge on any atom is 0.421 e. The quantitative estimate of drug-likeness (QED) is 0.328. The molecule has 0 saturated heterocycles. The summed E-state index contributed by atoms with van der Waals surface area (Å²) < 4.78 is 46.7. The van der Waals surface area contributed by atoms with Gasteiger partial charge in [0.1, 0.15) is 11.3 Å². The van der Waals surface area contributed by atoms with Crippen LogP contribution in [-0.4, -0.2) is 35.1 Å². The van der Waals surface area contributed by atoms with Crippen molar-refractivity contribution >= 4 is 28.8 Å². The van der Waals surface area contributed by atoms with Crippen LogP contribution in [0.15, 0.2) is 54.7 Å². The Morgan fingerprint density at radius 2 is 1.52 bits per heavy atom. The number of anilines is 4. The van der Waals surface area contributed by atoms with Crippen LogP contribution < -0.4 is 14.5 Å². The summed E-state index contributed by atoms with van der Waals surface area (Å²) in [7, 11) is 3.04. The lowest BCUT2D eigenvalue weighted by Gasteiger charge is -2.25. The zero-order chi connectivity index (χ0) is 24.3. The second-order valence-corrected chi connectivity index (χ2v) is 7.46. The molecule has 0 spiro atoms. The van der Waals surface area contributed by atoms with Crippen molar-refractivity contribution in [2.24, 2.45) is 0 Å². The Kier molecular flexibility index (Phi) is 6.70. The molecule has 3 aromatic rings. The van der Waals surface area contributed by atoms with Crippen molar-refractivity contribution in [2.45, 2.75) is 26.1 Å². The predicted molar refractivity (Wildman–Crippen MR) is 118 cm³/mol. The van der Waals surface area contributed by atoms with E-state index < -0.39 is 16.7 Å². The van der Waals surface area contributed by atoms with Gasteiger partial charge in [0.2, 0.25) is 5.95 Å². The molecule has 33 heavy (non-hydrogen) atoms. The first-order valence-corrected chi connectivity index (χ1v) is 9.90. The monoisotopic (exact) mass is 461 g/mol. The minimum absolute atomic E-state index is 0.00142. The Hall–Kier alpha value is -3.89. The van der Waals surface area contributed by atoms with Crippen molar-refractivity contribution in [1.29, 1.82) is 0 Å². The van der Waals surface area contributed by atoms with Gasteiger partial charge in [0.25, 0.3) is 5.69 Å². The molecule has 0 atom stereocenters. The molecular weight excluding hydrogens is 439 g/mol. The summed E-state index contributed by atoms with van der Waals surface area (Å²) in [6.07, 6.45) is -3.98. The Morgan fingerprint density at radius 1 is 0.970 bits per heavy atom. The molecular formula is C22H22F3N5O3. The zero-order valence-electron chi connectivity index (χ0n) is 18.4. The van der Waals surface area contributed by atoms with Gasteiger partial charge in [0.05, 0.1) is 11.0 Å². The summed E-state index contributed by atoms with van der Waals surface area (Å²) in [5, 5.41) is 10.9. The number of nitro groups is 1. The van der Waals surface area contributed by atoms with E-state index in [9.17, 15) is 23.3 Å². The van der Waals surface area contributed by atoms with Crippen molar-refractivity contribution in [1.82, 2.24) is 9.97 Å². The molecule has 0 N–H and O–H groups in total. The first kappa shape index (κ1) is 23.8. The van der Waals surface area contributed by atoms with E-state index >= 15 is 0 Å². The number of ether oxygens (including phenoxy) is 1. The Morgan fingerprint density at radius 3 is 2.03 bits per heavy atom. The van der Waals surface area contributed by atoms with Crippen LogP contribution in [0.2, 0.25) is 0 Å². The molecule has 0 radical (unpaired) electrons. The summed E-state index contributed by atoms with van der Waals surface area (Å²) in [5.41, 5.74) is -0.150. The van der Waals surface area contributed by atoms with Gasteiger partial charge in [0, 0.05) is 43.8 Å². The second kappa shape index (κ2) is 9.31. The third kappa shape index (κ3) is 5.48. The molecule has 1 heterocycles. The molecule has 0 aliphatic heterocycles. The number of halogens is 3. The van der Waals surface area contributed by atoms with Gasteiger partial charge >= 0.3 is 6.18 Å². The molecule has 174 valence electrons. The van der Waals surface area contributed by atoms with Gasteiger partial charge in [-0.25, -0.2) is 4.98 Å². The van der Waals surface area contributed by atoms with E-state index in [-0.39, 0.29) is 23.6 Å². The highest BCUT2D eigenvalue weighted by Gasteiger charge is 2.37. The Labute approximate surface area is 188 Å². The maximum atomic E-state index is 13.7. The number of nitrogens with zero attached hydrogens (tertiary/aromatic N) is 5. The number of hydrogen-bond donors (Lipinski definition) is 0. The Bertz CT molecular complexity index is 1120. The van der Waals surface area contributed by atoms with Crippen molar-refractivity contribution in [3.05, 3.63) is 70.4 Å². The van der Waals surface area contributed by atoms with E-state index in [0.717, 1.165) is 6.20 Å². The van der Waals surface area contributed by atoms with Crippen LogP contribution in [0.1, 0.15) is 19.4 Å². The lowest BCUT2D eigenvalue weighted by Crippen LogP contribution is -2.21. The van der Waals surface area contributed by atoms with Gasteiger partial charge in [0.15, 0.2) is 5.82 Å². The van der Waals surface area contributed by atoms with E-state index in [4.69, 9.17) is 4.74 Å². The first-order chi connectivity index (χ1) is 15.5. The standard InChI is InChI=1S/C22H22F3N5O3/c1-14(2)33-18-11-9-15(10-12-18)28(3)20-19(22(23,24)25)13-26-21(27-20)29(4)16-5-7-17(8-6-16)30(31)32/h5-14H,1-4H3. The lowest BCUT2D eigenvalue weighted by molar-refractivity contribution is -0.384. The third-order valence-corrected chi connectivity index (χ3v) is 4.72. The molecule has 0 amide bonds. The van der Waals surface area contributed by atoms with Crippen molar-refractivity contribution in [2.75, 3.05) is 23.9 Å². The third-order valence-electron chi connectivity index (χ3n) is 4.72. The highest BCUT2D eigenvalue weighted by atomic mass is 19.4. The summed E-state index contributed by atoms with van der Waals surface area (Å²) >= 11 is 0. The number of benzene rings is 2. The van der Waals surface area contributed by atoms with Crippen LogP contribution in [0, 0.1) is 10.1 Å². The van der Waals surface area contributed by atoms with Gasteiger partial charge < -0.3 is 14.5 Å². The van der Waals surface area contributed by atoms with Gasteiger partial charge in [-0.2, -0.15) is 18.2 Å². The molecule has 11 heteroatoms. The average molecular weight is 461 g/mol. The molecule has 0 fully saturated rings. The van der Waals surface area contributed by atoms with E-state index in [2.05, 4.69) is 9.97 Å². The smallest absolute Gasteiger partial charge is 0.421 e. The number of nitro benzene ring substituents is 1. The van der Waals surface area contributed by atoms with Crippen molar-refractivity contribution < 1.29 is 22.8 Å². The SMILES string of the molecule is CC(C)Oc1ccc(N(C)c2nc(N(C)c3ccc([N+](=O)[O-])cc3)ncc2C(F)(F)F)cc1. The zero-order valence-corrected chi connectivity index (χ0v) is 18.4. The highest BCUT2D eigenvalue weighted by Crippen LogP contribution is 2.38. The highest BCUT2D eigenvalue weighted by molar-refractivity contribution is 5.66. The summed E-state index contributed by atoms with van der Waals surface area (Å²) in [6.45, 7) is 3.75. The average Bonchev–Trinajstić information content (AvgIpc) is 2.77. The fourth-order valence-corrected chi connectivity index (χ4v) is 3.04. The van der Waals surface area contributed by atoms with Crippen LogP contribution in [-0.2, 0) is 6.18 Å². The van der Waals surface area contributed by atoms with Crippen LogP contribution in [0.25, 0.3) is 0 Å². The van der Waals surface area contributed by atoms with Crippen LogP contribution in [0.4, 0.5) is 42.0 Å². The fraction of sp³-hybridized carbons (Fsp3) is 0.273. The summed E-state index contributed by atoms with van der Waals surface area (Å²) in [4.78, 5) is 21.1. The molecule has 2 aromatic carbocycles. The molecule has 0 saturated carbocycles. The summed E-state index contributed by atoms with van der Waals surface area (Å²) in [6, 6.07) is 12.1. The molecule has 0 aliphatic rings. The normalized spacial score (nSPS) is 11.4. The number of rotatable bonds is 7. The van der Waals surface area contributed by atoms with E-state index in [1.54, 1.807) is 31.3 Å². The number of non-ortho nitro benzene ring substituents is 1. The second-order valence-electron chi connectivity index (χ2n) is 7.46. The van der Waals surface area contributed by atoms with Gasteiger partial charge in [-0.1, -0.05) is 0 Å². The molecule has 1 aromatic heterocycles. The first-order valence-electron chi connectivity index (χ1n) is 9.90. The number of alkyl halides is 3. The predicted octanol–water partition coefficient (Wildman–Crippen LogP) is 5.73. The van der Waals surface area contributed by atoms with E-state index in [1.165, 1.54) is 41.1 Å². The van der Waals surface area contributed by atoms with Gasteiger partial charge in [-0.15, -0.1) is 0 Å². The molecule has 8 nitrogen and oxygen atoms in total. The van der Waals surface area contributed by atoms with Crippen molar-refractivity contribution in [3.8, 4) is 5.75 Å². The molecule has 0 aliphatic carbocycles. The van der Waals surface area contributed by atoms with Crippen LogP contribution >= 0.6 is 0 Å². The number of aromatic nitrogens is 2. The van der Waals surface area contributed by atoms with E-state index in [0.29, 0.717) is 17.1 Å². The van der Waals surface area contributed by atoms with Crippen molar-refractivity contribution in [3.63, 3.8) is 0 Å². The topological polar surface area (TPSA) is 84.6 Å². The Balaban J connectivity index is 1.98. The van der Waals surface area contributed by atoms with Crippen LogP contribution in [0.3, 0.4) is 0 Å². The van der Waals surface area contributed by atoms with E-state index in [1.807, 2.05) is 13.8 Å². The summed E-state index contributed by atoms with van der Waals surface area (Å²) in [5.74, 6) is 0.261. The minimum Gasteiger partial charge on any atom is -0.491 e.